The van der Waals surface area contributed by atoms with Gasteiger partial charge in [0, 0.05) is 4.88 Å². The van der Waals surface area contributed by atoms with Crippen LogP contribution >= 0.6 is 11.3 Å². The minimum Gasteiger partial charge on any atom is -0.292 e. The molecule has 112 valence electrons. The van der Waals surface area contributed by atoms with Crippen molar-refractivity contribution in [3.05, 3.63) is 51.2 Å². The van der Waals surface area contributed by atoms with Gasteiger partial charge >= 0.3 is 0 Å². The Kier molecular flexibility index (Phi) is 4.64. The van der Waals surface area contributed by atoms with Gasteiger partial charge in [-0.25, -0.2) is 8.42 Å². The summed E-state index contributed by atoms with van der Waals surface area (Å²) in [6, 6.07) is 8.85. The third kappa shape index (κ3) is 3.60. The minimum atomic E-state index is -3.60. The van der Waals surface area contributed by atoms with Gasteiger partial charge in [-0.2, -0.15) is 0 Å². The molecule has 0 spiro atoms. The van der Waals surface area contributed by atoms with Crippen molar-refractivity contribution >= 4 is 27.0 Å². The maximum absolute atomic E-state index is 12.4. The van der Waals surface area contributed by atoms with E-state index in [1.807, 2.05) is 26.0 Å². The molecule has 0 unspecified atom stereocenters. The van der Waals surface area contributed by atoms with E-state index in [-0.39, 0.29) is 10.7 Å². The molecule has 0 aliphatic rings. The lowest BCUT2D eigenvalue weighted by Gasteiger charge is -2.07. The average molecular weight is 322 g/mol. The summed E-state index contributed by atoms with van der Waals surface area (Å²) in [6.45, 7) is 5.59. The van der Waals surface area contributed by atoms with Crippen LogP contribution in [0, 0.1) is 13.8 Å². The number of thiophene rings is 1. The first-order chi connectivity index (χ1) is 9.83. The van der Waals surface area contributed by atoms with Crippen molar-refractivity contribution < 1.29 is 13.2 Å². The molecule has 1 aromatic carbocycles. The Morgan fingerprint density at radius 2 is 1.86 bits per heavy atom. The highest BCUT2D eigenvalue weighted by Crippen LogP contribution is 2.22. The summed E-state index contributed by atoms with van der Waals surface area (Å²) in [6.07, 6.45) is 0.849. The lowest BCUT2D eigenvalue weighted by Crippen LogP contribution is -2.16. The van der Waals surface area contributed by atoms with Crippen LogP contribution in [-0.2, 0) is 16.3 Å². The number of hydrogen-bond donors (Lipinski definition) is 0. The van der Waals surface area contributed by atoms with Crippen molar-refractivity contribution in [3.63, 3.8) is 0 Å². The van der Waals surface area contributed by atoms with Crippen LogP contribution in [0.2, 0.25) is 0 Å². The number of benzene rings is 1. The molecule has 2 rings (SSSR count). The molecule has 3 nitrogen and oxygen atoms in total. The standard InChI is InChI=1S/C16H18O3S2/c1-4-13-7-8-15(20-13)14(17)10-21(18,19)16-9-11(2)5-6-12(16)3/h5-9H,4,10H2,1-3H3. The Morgan fingerprint density at radius 3 is 2.48 bits per heavy atom. The number of aryl methyl sites for hydroxylation is 3. The highest BCUT2D eigenvalue weighted by Gasteiger charge is 2.23. The van der Waals surface area contributed by atoms with E-state index in [2.05, 4.69) is 0 Å². The molecule has 0 aliphatic carbocycles. The molecule has 0 atom stereocenters. The monoisotopic (exact) mass is 322 g/mol. The third-order valence-corrected chi connectivity index (χ3v) is 6.31. The van der Waals surface area contributed by atoms with E-state index in [9.17, 15) is 13.2 Å². The van der Waals surface area contributed by atoms with Gasteiger partial charge in [0.2, 0.25) is 0 Å². The van der Waals surface area contributed by atoms with Gasteiger partial charge in [-0.3, -0.25) is 4.79 Å². The molecule has 0 amide bonds. The Morgan fingerprint density at radius 1 is 1.14 bits per heavy atom. The zero-order valence-corrected chi connectivity index (χ0v) is 14.0. The lowest BCUT2D eigenvalue weighted by atomic mass is 10.2. The number of ketones is 1. The number of hydrogen-bond acceptors (Lipinski definition) is 4. The van der Waals surface area contributed by atoms with Crippen molar-refractivity contribution in [2.24, 2.45) is 0 Å². The normalized spacial score (nSPS) is 11.6. The van der Waals surface area contributed by atoms with E-state index < -0.39 is 15.6 Å². The summed E-state index contributed by atoms with van der Waals surface area (Å²) in [7, 11) is -3.60. The van der Waals surface area contributed by atoms with Gasteiger partial charge in [-0.05, 0) is 49.6 Å². The lowest BCUT2D eigenvalue weighted by molar-refractivity contribution is 0.102. The van der Waals surface area contributed by atoms with E-state index in [0.29, 0.717) is 10.4 Å². The van der Waals surface area contributed by atoms with Crippen molar-refractivity contribution in [2.75, 3.05) is 5.75 Å². The molecule has 1 heterocycles. The van der Waals surface area contributed by atoms with Gasteiger partial charge in [0.1, 0.15) is 5.75 Å². The second kappa shape index (κ2) is 6.12. The van der Waals surface area contributed by atoms with Crippen LogP contribution in [0.4, 0.5) is 0 Å². The average Bonchev–Trinajstić information content (AvgIpc) is 2.90. The fourth-order valence-corrected chi connectivity index (χ4v) is 4.64. The summed E-state index contributed by atoms with van der Waals surface area (Å²) in [5.41, 5.74) is 1.55. The van der Waals surface area contributed by atoms with Crippen molar-refractivity contribution in [3.8, 4) is 0 Å². The quantitative estimate of drug-likeness (QED) is 0.791. The molecule has 0 aliphatic heterocycles. The van der Waals surface area contributed by atoms with E-state index in [1.165, 1.54) is 11.3 Å². The molecular weight excluding hydrogens is 304 g/mol. The van der Waals surface area contributed by atoms with Gasteiger partial charge in [0.25, 0.3) is 0 Å². The number of carbonyl (C=O) groups is 1. The molecule has 0 radical (unpaired) electrons. The van der Waals surface area contributed by atoms with Gasteiger partial charge in [-0.15, -0.1) is 11.3 Å². The van der Waals surface area contributed by atoms with E-state index >= 15 is 0 Å². The Bertz CT molecular complexity index is 771. The molecule has 1 aromatic heterocycles. The number of sulfone groups is 1. The molecule has 0 fully saturated rings. The Hall–Kier alpha value is -1.46. The van der Waals surface area contributed by atoms with Crippen LogP contribution in [0.3, 0.4) is 0 Å². The fourth-order valence-electron chi connectivity index (χ4n) is 2.08. The zero-order chi connectivity index (χ0) is 15.6. The Labute approximate surface area is 129 Å². The Balaban J connectivity index is 2.28. The zero-order valence-electron chi connectivity index (χ0n) is 12.3. The topological polar surface area (TPSA) is 51.2 Å². The summed E-state index contributed by atoms with van der Waals surface area (Å²) < 4.78 is 24.9. The maximum atomic E-state index is 12.4. The summed E-state index contributed by atoms with van der Waals surface area (Å²) in [5.74, 6) is -0.804. The number of rotatable bonds is 5. The molecule has 5 heteroatoms. The predicted octanol–water partition coefficient (Wildman–Crippen LogP) is 3.58. The molecule has 0 saturated heterocycles. The second-order valence-corrected chi connectivity index (χ2v) is 8.20. The van der Waals surface area contributed by atoms with Crippen molar-refractivity contribution in [1.29, 1.82) is 0 Å². The highest BCUT2D eigenvalue weighted by molar-refractivity contribution is 7.92. The molecular formula is C16H18O3S2. The minimum absolute atomic E-state index is 0.253. The van der Waals surface area contributed by atoms with Crippen molar-refractivity contribution in [1.82, 2.24) is 0 Å². The summed E-state index contributed by atoms with van der Waals surface area (Å²) in [5, 5.41) is 0. The SMILES string of the molecule is CCc1ccc(C(=O)CS(=O)(=O)c2cc(C)ccc2C)s1. The van der Waals surface area contributed by atoms with Crippen LogP contribution in [0.5, 0.6) is 0 Å². The summed E-state index contributed by atoms with van der Waals surface area (Å²) in [4.78, 5) is 14.0. The largest absolute Gasteiger partial charge is 0.292 e. The number of carbonyl (C=O) groups excluding carboxylic acids is 1. The molecule has 0 N–H and O–H groups in total. The first-order valence-electron chi connectivity index (χ1n) is 6.75. The van der Waals surface area contributed by atoms with Crippen LogP contribution < -0.4 is 0 Å². The van der Waals surface area contributed by atoms with E-state index in [0.717, 1.165) is 16.9 Å². The predicted molar refractivity (Wildman–Crippen MR) is 86.0 cm³/mol. The third-order valence-electron chi connectivity index (χ3n) is 3.28. The van der Waals surface area contributed by atoms with Crippen LogP contribution in [-0.4, -0.2) is 20.0 Å². The summed E-state index contributed by atoms with van der Waals surface area (Å²) >= 11 is 1.37. The number of Topliss-reactive ketones (excluding diaryl/α,β-unsaturated/α-hetero) is 1. The molecule has 0 bridgehead atoms. The maximum Gasteiger partial charge on any atom is 0.188 e. The second-order valence-electron chi connectivity index (χ2n) is 5.07. The first-order valence-corrected chi connectivity index (χ1v) is 9.22. The van der Waals surface area contributed by atoms with Gasteiger partial charge in [0.15, 0.2) is 15.6 Å². The molecule has 2 aromatic rings. The van der Waals surface area contributed by atoms with E-state index in [4.69, 9.17) is 0 Å². The first kappa shape index (κ1) is 15.9. The molecule has 21 heavy (non-hydrogen) atoms. The van der Waals surface area contributed by atoms with Gasteiger partial charge in [0.05, 0.1) is 9.77 Å². The highest BCUT2D eigenvalue weighted by atomic mass is 32.2. The van der Waals surface area contributed by atoms with Crippen LogP contribution in [0.1, 0.15) is 32.6 Å². The van der Waals surface area contributed by atoms with Crippen LogP contribution in [0.15, 0.2) is 35.2 Å². The van der Waals surface area contributed by atoms with Gasteiger partial charge < -0.3 is 0 Å². The van der Waals surface area contributed by atoms with Crippen LogP contribution in [0.25, 0.3) is 0 Å². The fraction of sp³-hybridized carbons (Fsp3) is 0.312. The van der Waals surface area contributed by atoms with Crippen molar-refractivity contribution in [2.45, 2.75) is 32.1 Å². The smallest absolute Gasteiger partial charge is 0.188 e. The van der Waals surface area contributed by atoms with E-state index in [1.54, 1.807) is 25.1 Å². The van der Waals surface area contributed by atoms with Gasteiger partial charge in [-0.1, -0.05) is 19.1 Å². The molecule has 0 saturated carbocycles.